The lowest BCUT2D eigenvalue weighted by Gasteiger charge is -2.12. The van der Waals surface area contributed by atoms with Gasteiger partial charge in [-0.25, -0.2) is 9.38 Å². The Morgan fingerprint density at radius 2 is 1.90 bits per heavy atom. The van der Waals surface area contributed by atoms with E-state index in [1.54, 1.807) is 14.2 Å². The highest BCUT2D eigenvalue weighted by Crippen LogP contribution is 2.27. The molecule has 1 heterocycles. The van der Waals surface area contributed by atoms with Crippen molar-refractivity contribution < 1.29 is 13.9 Å². The molecule has 29 heavy (non-hydrogen) atoms. The van der Waals surface area contributed by atoms with Crippen LogP contribution < -0.4 is 20.1 Å². The Hall–Kier alpha value is -3.22. The van der Waals surface area contributed by atoms with Gasteiger partial charge >= 0.3 is 0 Å². The van der Waals surface area contributed by atoms with Crippen LogP contribution in [-0.2, 0) is 13.0 Å². The molecule has 6 nitrogen and oxygen atoms in total. The number of aliphatic imine (C=N–C) groups is 1. The van der Waals surface area contributed by atoms with Crippen LogP contribution in [0.3, 0.4) is 0 Å². The van der Waals surface area contributed by atoms with Gasteiger partial charge in [-0.1, -0.05) is 6.07 Å². The van der Waals surface area contributed by atoms with Crippen molar-refractivity contribution in [3.63, 3.8) is 0 Å². The molecule has 2 aromatic carbocycles. The van der Waals surface area contributed by atoms with Crippen LogP contribution in [-0.4, -0.2) is 38.3 Å². The number of ether oxygens (including phenoxy) is 2. The fraction of sp³-hybridized carbons (Fsp3) is 0.318. The summed E-state index contributed by atoms with van der Waals surface area (Å²) < 4.78 is 24.0. The molecule has 0 bridgehead atoms. The molecule has 1 aromatic heterocycles. The molecule has 0 aliphatic heterocycles. The highest BCUT2D eigenvalue weighted by molar-refractivity contribution is 5.83. The number of hydrogen-bond acceptors (Lipinski definition) is 3. The number of rotatable bonds is 8. The predicted molar refractivity (Wildman–Crippen MR) is 114 cm³/mol. The zero-order chi connectivity index (χ0) is 20.6. The van der Waals surface area contributed by atoms with E-state index in [4.69, 9.17) is 9.47 Å². The molecule has 154 valence electrons. The summed E-state index contributed by atoms with van der Waals surface area (Å²) in [6, 6.07) is 10.6. The second-order valence-electron chi connectivity index (χ2n) is 6.57. The average molecular weight is 398 g/mol. The van der Waals surface area contributed by atoms with Gasteiger partial charge in [-0.2, -0.15) is 0 Å². The predicted octanol–water partition coefficient (Wildman–Crippen LogP) is 3.62. The third-order valence-electron chi connectivity index (χ3n) is 4.63. The molecule has 0 spiro atoms. The number of aromatic amines is 1. The van der Waals surface area contributed by atoms with Crippen molar-refractivity contribution in [2.45, 2.75) is 19.9 Å². The maximum Gasteiger partial charge on any atom is 0.191 e. The van der Waals surface area contributed by atoms with E-state index in [2.05, 4.69) is 20.6 Å². The number of nitrogens with zero attached hydrogens (tertiary/aromatic N) is 1. The van der Waals surface area contributed by atoms with E-state index in [1.807, 2.05) is 37.4 Å². The number of aromatic nitrogens is 1. The summed E-state index contributed by atoms with van der Waals surface area (Å²) in [6.45, 7) is 4.02. The van der Waals surface area contributed by atoms with Crippen LogP contribution in [0.5, 0.6) is 11.5 Å². The van der Waals surface area contributed by atoms with Crippen molar-refractivity contribution in [3.8, 4) is 11.5 Å². The van der Waals surface area contributed by atoms with Gasteiger partial charge in [0.1, 0.15) is 5.82 Å². The van der Waals surface area contributed by atoms with E-state index < -0.39 is 0 Å². The lowest BCUT2D eigenvalue weighted by molar-refractivity contribution is 0.354. The summed E-state index contributed by atoms with van der Waals surface area (Å²) in [5, 5.41) is 7.65. The van der Waals surface area contributed by atoms with E-state index in [1.165, 1.54) is 12.1 Å². The first-order valence-electron chi connectivity index (χ1n) is 9.63. The van der Waals surface area contributed by atoms with Crippen molar-refractivity contribution in [2.75, 3.05) is 27.3 Å². The molecule has 3 N–H and O–H groups in total. The average Bonchev–Trinajstić information content (AvgIpc) is 3.13. The molecule has 0 saturated carbocycles. The number of nitrogens with one attached hydrogen (secondary N) is 3. The highest BCUT2D eigenvalue weighted by Gasteiger charge is 2.07. The molecular formula is C22H27FN4O2. The molecule has 0 amide bonds. The molecule has 0 atom stereocenters. The Morgan fingerprint density at radius 3 is 2.66 bits per heavy atom. The first kappa shape index (κ1) is 20.5. The van der Waals surface area contributed by atoms with Gasteiger partial charge < -0.3 is 25.1 Å². The normalized spacial score (nSPS) is 11.5. The number of halogens is 1. The molecule has 0 aliphatic rings. The number of hydrogen-bond donors (Lipinski definition) is 3. The van der Waals surface area contributed by atoms with E-state index in [9.17, 15) is 4.39 Å². The highest BCUT2D eigenvalue weighted by atomic mass is 19.1. The Morgan fingerprint density at radius 1 is 1.07 bits per heavy atom. The van der Waals surface area contributed by atoms with Gasteiger partial charge in [-0.15, -0.1) is 0 Å². The van der Waals surface area contributed by atoms with Crippen LogP contribution >= 0.6 is 0 Å². The Labute approximate surface area is 170 Å². The Bertz CT molecular complexity index is 984. The zero-order valence-electron chi connectivity index (χ0n) is 17.0. The van der Waals surface area contributed by atoms with Crippen molar-refractivity contribution in [2.24, 2.45) is 4.99 Å². The number of guanidine groups is 1. The maximum absolute atomic E-state index is 13.3. The van der Waals surface area contributed by atoms with Crippen LogP contribution in [0.25, 0.3) is 10.9 Å². The third kappa shape index (κ3) is 5.19. The first-order valence-corrected chi connectivity index (χ1v) is 9.63. The molecule has 0 aliphatic carbocycles. The van der Waals surface area contributed by atoms with Crippen molar-refractivity contribution in [3.05, 3.63) is 59.5 Å². The quantitative estimate of drug-likeness (QED) is 0.400. The second kappa shape index (κ2) is 9.82. The SMILES string of the molecule is CCNC(=NCc1ccc(OC)c(OC)c1)NCCc1c[nH]c2cc(F)ccc12. The molecular weight excluding hydrogens is 371 g/mol. The summed E-state index contributed by atoms with van der Waals surface area (Å²) in [4.78, 5) is 7.77. The molecule has 0 radical (unpaired) electrons. The number of methoxy groups -OCH3 is 2. The van der Waals surface area contributed by atoms with Gasteiger partial charge in [-0.3, -0.25) is 0 Å². The van der Waals surface area contributed by atoms with Crippen LogP contribution in [0.1, 0.15) is 18.1 Å². The van der Waals surface area contributed by atoms with Gasteiger partial charge in [0.2, 0.25) is 0 Å². The second-order valence-corrected chi connectivity index (χ2v) is 6.57. The van der Waals surface area contributed by atoms with E-state index in [0.29, 0.717) is 24.6 Å². The summed E-state index contributed by atoms with van der Waals surface area (Å²) >= 11 is 0. The van der Waals surface area contributed by atoms with Crippen molar-refractivity contribution in [1.82, 2.24) is 15.6 Å². The van der Waals surface area contributed by atoms with E-state index >= 15 is 0 Å². The van der Waals surface area contributed by atoms with Gasteiger partial charge in [-0.05, 0) is 54.8 Å². The summed E-state index contributed by atoms with van der Waals surface area (Å²) in [6.07, 6.45) is 2.73. The van der Waals surface area contributed by atoms with E-state index in [-0.39, 0.29) is 5.82 Å². The van der Waals surface area contributed by atoms with Crippen LogP contribution in [0.2, 0.25) is 0 Å². The molecule has 0 saturated heterocycles. The molecule has 3 rings (SSSR count). The fourth-order valence-corrected chi connectivity index (χ4v) is 3.17. The Balaban J connectivity index is 1.62. The number of benzene rings is 2. The summed E-state index contributed by atoms with van der Waals surface area (Å²) in [5.74, 6) is 1.90. The lowest BCUT2D eigenvalue weighted by atomic mass is 10.1. The third-order valence-corrected chi connectivity index (χ3v) is 4.63. The Kier molecular flexibility index (Phi) is 6.94. The smallest absolute Gasteiger partial charge is 0.191 e. The summed E-state index contributed by atoms with van der Waals surface area (Å²) in [5.41, 5.74) is 2.98. The first-order chi connectivity index (χ1) is 14.1. The number of H-pyrrole nitrogens is 1. The lowest BCUT2D eigenvalue weighted by Crippen LogP contribution is -2.38. The number of fused-ring (bicyclic) bond motifs is 1. The van der Waals surface area contributed by atoms with Crippen LogP contribution in [0.4, 0.5) is 4.39 Å². The largest absolute Gasteiger partial charge is 0.493 e. The minimum Gasteiger partial charge on any atom is -0.493 e. The van der Waals surface area contributed by atoms with Crippen molar-refractivity contribution in [1.29, 1.82) is 0 Å². The molecule has 0 fully saturated rings. The molecule has 7 heteroatoms. The van der Waals surface area contributed by atoms with Crippen LogP contribution in [0, 0.1) is 5.82 Å². The maximum atomic E-state index is 13.3. The van der Waals surface area contributed by atoms with Gasteiger partial charge in [0, 0.05) is 30.2 Å². The topological polar surface area (TPSA) is 70.7 Å². The minimum absolute atomic E-state index is 0.235. The van der Waals surface area contributed by atoms with Gasteiger partial charge in [0.25, 0.3) is 0 Å². The van der Waals surface area contributed by atoms with E-state index in [0.717, 1.165) is 41.0 Å². The standard InChI is InChI=1S/C22H27FN4O2/c1-4-24-22(27-13-15-5-8-20(28-2)21(11-15)29-3)25-10-9-16-14-26-19-12-17(23)6-7-18(16)19/h5-8,11-12,14,26H,4,9-10,13H2,1-3H3,(H2,24,25,27). The molecule has 3 aromatic rings. The minimum atomic E-state index is -0.235. The monoisotopic (exact) mass is 398 g/mol. The molecule has 0 unspecified atom stereocenters. The van der Waals surface area contributed by atoms with Crippen molar-refractivity contribution >= 4 is 16.9 Å². The fourth-order valence-electron chi connectivity index (χ4n) is 3.17. The van der Waals surface area contributed by atoms with Crippen LogP contribution in [0.15, 0.2) is 47.6 Å². The van der Waals surface area contributed by atoms with Gasteiger partial charge in [0.05, 0.1) is 20.8 Å². The van der Waals surface area contributed by atoms with Gasteiger partial charge in [0.15, 0.2) is 17.5 Å². The summed E-state index contributed by atoms with van der Waals surface area (Å²) in [7, 11) is 3.24. The zero-order valence-corrected chi connectivity index (χ0v) is 17.0.